The zero-order valence-corrected chi connectivity index (χ0v) is 21.4. The van der Waals surface area contributed by atoms with Crippen molar-refractivity contribution in [3.05, 3.63) is 64.4 Å². The van der Waals surface area contributed by atoms with E-state index in [1.807, 2.05) is 4.57 Å². The molecule has 5 rings (SSSR count). The highest BCUT2D eigenvalue weighted by Gasteiger charge is 2.36. The predicted molar refractivity (Wildman–Crippen MR) is 138 cm³/mol. The van der Waals surface area contributed by atoms with Gasteiger partial charge in [0.15, 0.2) is 11.6 Å². The molecular weight excluding hydrogens is 510 g/mol. The third-order valence-electron chi connectivity index (χ3n) is 6.53. The lowest BCUT2D eigenvalue weighted by molar-refractivity contribution is 0.0340. The molecule has 0 amide bonds. The van der Waals surface area contributed by atoms with Gasteiger partial charge in [0.25, 0.3) is 0 Å². The van der Waals surface area contributed by atoms with Crippen LogP contribution in [0, 0.1) is 11.6 Å². The number of thiocarbonyl (C=S) groups is 1. The maximum atomic E-state index is 14.1. The summed E-state index contributed by atoms with van der Waals surface area (Å²) in [6, 6.07) is 7.02. The van der Waals surface area contributed by atoms with Gasteiger partial charge in [-0.1, -0.05) is 18.3 Å². The quantitative estimate of drug-likeness (QED) is 0.256. The molecule has 1 saturated heterocycles. The van der Waals surface area contributed by atoms with E-state index in [9.17, 15) is 18.7 Å². The molecule has 0 bridgehead atoms. The van der Waals surface area contributed by atoms with Gasteiger partial charge in [-0.15, -0.1) is 12.4 Å². The van der Waals surface area contributed by atoms with E-state index in [1.165, 1.54) is 6.07 Å². The number of benzene rings is 2. The van der Waals surface area contributed by atoms with Gasteiger partial charge in [-0.25, -0.2) is 13.6 Å². The van der Waals surface area contributed by atoms with Gasteiger partial charge in [0.05, 0.1) is 41.5 Å². The first-order valence-electron chi connectivity index (χ1n) is 11.8. The molecule has 0 spiro atoms. The lowest BCUT2D eigenvalue weighted by Crippen LogP contribution is -2.35. The van der Waals surface area contributed by atoms with Crippen LogP contribution in [0.3, 0.4) is 0 Å². The van der Waals surface area contributed by atoms with E-state index in [0.29, 0.717) is 55.1 Å². The molecule has 0 radical (unpaired) electrons. The molecular formula is C26H27ClF2N2O4S. The number of halogens is 3. The van der Waals surface area contributed by atoms with Gasteiger partial charge in [0, 0.05) is 36.6 Å². The van der Waals surface area contributed by atoms with Crippen LogP contribution < -0.4 is 0 Å². The number of aromatic nitrogens is 1. The molecule has 6 nitrogen and oxygen atoms in total. The normalized spacial score (nSPS) is 16.1. The highest BCUT2D eigenvalue weighted by Crippen LogP contribution is 2.45. The number of hydrogen-bond acceptors (Lipinski definition) is 6. The summed E-state index contributed by atoms with van der Waals surface area (Å²) in [6.45, 7) is 4.89. The molecule has 1 saturated carbocycles. The van der Waals surface area contributed by atoms with E-state index >= 15 is 0 Å². The predicted octanol–water partition coefficient (Wildman–Crippen LogP) is 5.16. The Morgan fingerprint density at radius 3 is 2.53 bits per heavy atom. The Labute approximate surface area is 219 Å². The molecule has 3 aromatic rings. The van der Waals surface area contributed by atoms with Gasteiger partial charge < -0.3 is 19.1 Å². The van der Waals surface area contributed by atoms with Crippen molar-refractivity contribution < 1.29 is 28.2 Å². The van der Waals surface area contributed by atoms with Gasteiger partial charge >= 0.3 is 5.97 Å². The van der Waals surface area contributed by atoms with Crippen molar-refractivity contribution in [2.24, 2.45) is 0 Å². The summed E-state index contributed by atoms with van der Waals surface area (Å²) in [5.74, 6) is -2.47. The standard InChI is InChI=1S/C26H26F2N2O4S.ClH/c1-2-34-26(32)23-22-17(14-29-9-11-33-12-10-29)21(31)8-7-20(22)30(16-4-5-16)24(23)25(35)15-3-6-18(27)19(28)13-15;/h3,6-8,13,16,31H,2,4-5,9-12,14H2,1H3;1H. The lowest BCUT2D eigenvalue weighted by Gasteiger charge is -2.27. The van der Waals surface area contributed by atoms with E-state index in [2.05, 4.69) is 4.90 Å². The first-order chi connectivity index (χ1) is 16.9. The number of ether oxygens (including phenoxy) is 2. The minimum atomic E-state index is -1.01. The van der Waals surface area contributed by atoms with Crippen LogP contribution in [0.1, 0.15) is 53.0 Å². The van der Waals surface area contributed by atoms with Crippen molar-refractivity contribution in [1.29, 1.82) is 0 Å². The Hall–Kier alpha value is -2.59. The number of aromatic hydroxyl groups is 1. The van der Waals surface area contributed by atoms with E-state index in [4.69, 9.17) is 21.7 Å². The zero-order chi connectivity index (χ0) is 24.7. The molecule has 1 N–H and O–H groups in total. The monoisotopic (exact) mass is 536 g/mol. The van der Waals surface area contributed by atoms with Crippen LogP contribution in [-0.4, -0.2) is 58.3 Å². The zero-order valence-electron chi connectivity index (χ0n) is 19.8. The molecule has 0 unspecified atom stereocenters. The first-order valence-corrected chi connectivity index (χ1v) is 12.2. The summed E-state index contributed by atoms with van der Waals surface area (Å²) in [5, 5.41) is 11.5. The summed E-state index contributed by atoms with van der Waals surface area (Å²) in [7, 11) is 0. The van der Waals surface area contributed by atoms with E-state index < -0.39 is 17.6 Å². The summed E-state index contributed by atoms with van der Waals surface area (Å²) in [4.78, 5) is 15.8. The Bertz CT molecular complexity index is 1320. The number of hydrogen-bond donors (Lipinski definition) is 1. The summed E-state index contributed by atoms with van der Waals surface area (Å²) in [5.41, 5.74) is 2.37. The van der Waals surface area contributed by atoms with Gasteiger partial charge in [0.2, 0.25) is 0 Å². The number of carbonyl (C=O) groups is 1. The van der Waals surface area contributed by atoms with E-state index in [-0.39, 0.29) is 41.2 Å². The van der Waals surface area contributed by atoms with Crippen molar-refractivity contribution >= 4 is 46.4 Å². The van der Waals surface area contributed by atoms with Crippen LogP contribution >= 0.6 is 24.6 Å². The maximum Gasteiger partial charge on any atom is 0.341 e. The van der Waals surface area contributed by atoms with Crippen molar-refractivity contribution in [2.45, 2.75) is 32.4 Å². The van der Waals surface area contributed by atoms with Gasteiger partial charge in [-0.05, 0) is 49.6 Å². The summed E-state index contributed by atoms with van der Waals surface area (Å²) < 4.78 is 40.6. The Morgan fingerprint density at radius 2 is 1.89 bits per heavy atom. The molecule has 2 aromatic carbocycles. The smallest absolute Gasteiger partial charge is 0.341 e. The molecule has 192 valence electrons. The Morgan fingerprint density at radius 1 is 1.17 bits per heavy atom. The number of morpholine rings is 1. The largest absolute Gasteiger partial charge is 0.508 e. The fraction of sp³-hybridized carbons (Fsp3) is 0.385. The van der Waals surface area contributed by atoms with Crippen molar-refractivity contribution in [2.75, 3.05) is 32.9 Å². The van der Waals surface area contributed by atoms with Crippen molar-refractivity contribution in [3.8, 4) is 5.75 Å². The van der Waals surface area contributed by atoms with E-state index in [1.54, 1.807) is 19.1 Å². The van der Waals surface area contributed by atoms with Crippen LogP contribution in [0.15, 0.2) is 30.3 Å². The fourth-order valence-corrected chi connectivity index (χ4v) is 5.04. The molecule has 0 atom stereocenters. The van der Waals surface area contributed by atoms with Crippen LogP contribution in [0.2, 0.25) is 0 Å². The van der Waals surface area contributed by atoms with Crippen LogP contribution in [0.4, 0.5) is 8.78 Å². The first kappa shape index (κ1) is 26.5. The lowest BCUT2D eigenvalue weighted by atomic mass is 10.00. The highest BCUT2D eigenvalue weighted by atomic mass is 35.5. The Kier molecular flexibility index (Phi) is 7.94. The number of phenols is 1. The van der Waals surface area contributed by atoms with E-state index in [0.717, 1.165) is 30.5 Å². The number of nitrogens with zero attached hydrogens (tertiary/aromatic N) is 2. The number of carbonyl (C=O) groups excluding carboxylic acids is 1. The second-order valence-corrected chi connectivity index (χ2v) is 9.26. The van der Waals surface area contributed by atoms with Crippen LogP contribution in [-0.2, 0) is 16.0 Å². The van der Waals surface area contributed by atoms with Gasteiger partial charge in [-0.3, -0.25) is 4.90 Å². The minimum Gasteiger partial charge on any atom is -0.508 e. The molecule has 36 heavy (non-hydrogen) atoms. The summed E-state index contributed by atoms with van der Waals surface area (Å²) >= 11 is 5.79. The van der Waals surface area contributed by atoms with Gasteiger partial charge in [-0.2, -0.15) is 0 Å². The average molecular weight is 537 g/mol. The number of phenolic OH excluding ortho intramolecular Hbond substituents is 1. The highest BCUT2D eigenvalue weighted by molar-refractivity contribution is 7.81. The number of esters is 1. The third-order valence-corrected chi connectivity index (χ3v) is 6.96. The van der Waals surface area contributed by atoms with Crippen LogP contribution in [0.5, 0.6) is 5.75 Å². The third kappa shape index (κ3) is 4.85. The summed E-state index contributed by atoms with van der Waals surface area (Å²) in [6.07, 6.45) is 1.80. The fourth-order valence-electron chi connectivity index (χ4n) is 4.72. The van der Waals surface area contributed by atoms with Crippen LogP contribution in [0.25, 0.3) is 10.9 Å². The average Bonchev–Trinajstić information content (AvgIpc) is 3.63. The van der Waals surface area contributed by atoms with Crippen molar-refractivity contribution in [1.82, 2.24) is 9.47 Å². The second-order valence-electron chi connectivity index (χ2n) is 8.85. The number of fused-ring (bicyclic) bond motifs is 1. The molecule has 1 aliphatic carbocycles. The molecule has 2 aliphatic rings. The SMILES string of the molecule is CCOC(=O)c1c(C(=S)c2ccc(F)c(F)c2)n(C2CC2)c2ccc(O)c(CN3CCOCC3)c12.Cl. The maximum absolute atomic E-state index is 14.1. The molecule has 1 aliphatic heterocycles. The second kappa shape index (κ2) is 10.8. The van der Waals surface area contributed by atoms with Crippen molar-refractivity contribution in [3.63, 3.8) is 0 Å². The molecule has 2 fully saturated rings. The minimum absolute atomic E-state index is 0. The topological polar surface area (TPSA) is 63.9 Å². The molecule has 2 heterocycles. The molecule has 10 heteroatoms. The molecule has 1 aromatic heterocycles. The Balaban J connectivity index is 0.00000304. The van der Waals surface area contributed by atoms with Gasteiger partial charge in [0.1, 0.15) is 5.75 Å². The number of rotatable bonds is 7.